The van der Waals surface area contributed by atoms with Crippen molar-refractivity contribution in [2.24, 2.45) is 5.92 Å². The van der Waals surface area contributed by atoms with E-state index in [0.29, 0.717) is 12.3 Å². The summed E-state index contributed by atoms with van der Waals surface area (Å²) in [6, 6.07) is 7.84. The zero-order valence-corrected chi connectivity index (χ0v) is 11.8. The fraction of sp³-hybridized carbons (Fsp3) is 0.533. The van der Waals surface area contributed by atoms with E-state index in [1.807, 2.05) is 24.3 Å². The van der Waals surface area contributed by atoms with E-state index in [-0.39, 0.29) is 11.4 Å². The Balaban J connectivity index is 2.11. The Morgan fingerprint density at radius 3 is 2.39 bits per heavy atom. The molecule has 1 aliphatic carbocycles. The van der Waals surface area contributed by atoms with E-state index >= 15 is 0 Å². The van der Waals surface area contributed by atoms with Gasteiger partial charge in [-0.25, -0.2) is 0 Å². The first kappa shape index (κ1) is 13.4. The number of nitrogens with one attached hydrogen (secondary N) is 1. The summed E-state index contributed by atoms with van der Waals surface area (Å²) in [5, 5.41) is 3.95. The van der Waals surface area contributed by atoms with Crippen LogP contribution in [0.15, 0.2) is 24.3 Å². The molecule has 0 atom stereocenters. The predicted molar refractivity (Wildman–Crippen MR) is 74.6 cm³/mol. The maximum atomic E-state index is 12.0. The van der Waals surface area contributed by atoms with Crippen LogP contribution in [0.3, 0.4) is 0 Å². The van der Waals surface area contributed by atoms with Crippen molar-refractivity contribution in [1.82, 2.24) is 5.32 Å². The Bertz CT molecular complexity index is 421. The lowest BCUT2D eigenvalue weighted by Gasteiger charge is -2.43. The molecule has 1 saturated carbocycles. The Labute approximate surface area is 114 Å². The fourth-order valence-corrected chi connectivity index (χ4v) is 2.60. The van der Waals surface area contributed by atoms with Crippen LogP contribution in [-0.2, 0) is 10.3 Å². The minimum atomic E-state index is -0.142. The van der Waals surface area contributed by atoms with Crippen LogP contribution in [0, 0.1) is 5.92 Å². The molecule has 1 aromatic carbocycles. The van der Waals surface area contributed by atoms with E-state index in [1.54, 1.807) is 0 Å². The highest BCUT2D eigenvalue weighted by Gasteiger charge is 2.39. The molecule has 0 unspecified atom stereocenters. The number of carbonyl (C=O) groups is 1. The van der Waals surface area contributed by atoms with E-state index < -0.39 is 0 Å². The third kappa shape index (κ3) is 2.86. The number of amides is 1. The maximum Gasteiger partial charge on any atom is 0.220 e. The Kier molecular flexibility index (Phi) is 3.96. The lowest BCUT2D eigenvalue weighted by atomic mass is 9.71. The maximum absolute atomic E-state index is 12.0. The SMILES string of the molecule is CC(C)CC(=O)NC1(c2ccc(Cl)cc2)CCC1. The smallest absolute Gasteiger partial charge is 0.220 e. The molecule has 18 heavy (non-hydrogen) atoms. The van der Waals surface area contributed by atoms with Crippen LogP contribution in [0.4, 0.5) is 0 Å². The van der Waals surface area contributed by atoms with Crippen LogP contribution in [0.5, 0.6) is 0 Å². The normalized spacial score (nSPS) is 17.3. The van der Waals surface area contributed by atoms with E-state index in [9.17, 15) is 4.79 Å². The van der Waals surface area contributed by atoms with Crippen molar-refractivity contribution in [2.45, 2.75) is 45.1 Å². The van der Waals surface area contributed by atoms with Crippen molar-refractivity contribution in [2.75, 3.05) is 0 Å². The number of carbonyl (C=O) groups excluding carboxylic acids is 1. The van der Waals surface area contributed by atoms with Gasteiger partial charge in [0.2, 0.25) is 5.91 Å². The van der Waals surface area contributed by atoms with Crippen molar-refractivity contribution >= 4 is 17.5 Å². The van der Waals surface area contributed by atoms with Crippen molar-refractivity contribution in [1.29, 1.82) is 0 Å². The van der Waals surface area contributed by atoms with Crippen LogP contribution in [0.2, 0.25) is 5.02 Å². The summed E-state index contributed by atoms with van der Waals surface area (Å²) in [5.41, 5.74) is 1.03. The van der Waals surface area contributed by atoms with Gasteiger partial charge in [-0.3, -0.25) is 4.79 Å². The molecule has 1 amide bonds. The van der Waals surface area contributed by atoms with Gasteiger partial charge < -0.3 is 5.32 Å². The molecule has 1 fully saturated rings. The monoisotopic (exact) mass is 265 g/mol. The molecular formula is C15H20ClNO. The van der Waals surface area contributed by atoms with E-state index in [0.717, 1.165) is 17.9 Å². The number of hydrogen-bond donors (Lipinski definition) is 1. The zero-order valence-electron chi connectivity index (χ0n) is 11.0. The third-order valence-corrected chi connectivity index (χ3v) is 3.83. The lowest BCUT2D eigenvalue weighted by Crippen LogP contribution is -2.51. The molecule has 1 aromatic rings. The number of rotatable bonds is 4. The quantitative estimate of drug-likeness (QED) is 0.879. The molecule has 0 saturated heterocycles. The molecular weight excluding hydrogens is 246 g/mol. The molecule has 0 aromatic heterocycles. The highest BCUT2D eigenvalue weighted by Crippen LogP contribution is 2.41. The van der Waals surface area contributed by atoms with Crippen LogP contribution in [-0.4, -0.2) is 5.91 Å². The van der Waals surface area contributed by atoms with Gasteiger partial charge in [-0.1, -0.05) is 37.6 Å². The summed E-state index contributed by atoms with van der Waals surface area (Å²) >= 11 is 5.91. The Morgan fingerprint density at radius 1 is 1.33 bits per heavy atom. The average molecular weight is 266 g/mol. The second-order valence-corrected chi connectivity index (χ2v) is 6.03. The molecule has 1 N–H and O–H groups in total. The van der Waals surface area contributed by atoms with Gasteiger partial charge in [0.05, 0.1) is 5.54 Å². The fourth-order valence-electron chi connectivity index (χ4n) is 2.47. The first-order valence-electron chi connectivity index (χ1n) is 6.59. The van der Waals surface area contributed by atoms with Crippen LogP contribution in [0.25, 0.3) is 0 Å². The van der Waals surface area contributed by atoms with Crippen molar-refractivity contribution in [3.05, 3.63) is 34.9 Å². The third-order valence-electron chi connectivity index (χ3n) is 3.58. The topological polar surface area (TPSA) is 29.1 Å². The number of halogens is 1. The zero-order chi connectivity index (χ0) is 13.2. The summed E-state index contributed by atoms with van der Waals surface area (Å²) in [6.45, 7) is 4.13. The van der Waals surface area contributed by atoms with Crippen molar-refractivity contribution in [3.8, 4) is 0 Å². The summed E-state index contributed by atoms with van der Waals surface area (Å²) in [4.78, 5) is 12.0. The Hall–Kier alpha value is -1.02. The van der Waals surface area contributed by atoms with Gasteiger partial charge in [-0.2, -0.15) is 0 Å². The molecule has 0 radical (unpaired) electrons. The van der Waals surface area contributed by atoms with Gasteiger partial charge in [-0.15, -0.1) is 0 Å². The van der Waals surface area contributed by atoms with Crippen molar-refractivity contribution < 1.29 is 4.79 Å². The minimum absolute atomic E-state index is 0.142. The lowest BCUT2D eigenvalue weighted by molar-refractivity contribution is -0.125. The number of benzene rings is 1. The van der Waals surface area contributed by atoms with Crippen LogP contribution < -0.4 is 5.32 Å². The molecule has 0 spiro atoms. The highest BCUT2D eigenvalue weighted by atomic mass is 35.5. The first-order chi connectivity index (χ1) is 8.52. The minimum Gasteiger partial charge on any atom is -0.347 e. The predicted octanol–water partition coefficient (Wildman–Crippen LogP) is 3.88. The molecule has 98 valence electrons. The van der Waals surface area contributed by atoms with E-state index in [4.69, 9.17) is 11.6 Å². The molecule has 0 heterocycles. The van der Waals surface area contributed by atoms with Gasteiger partial charge in [0.25, 0.3) is 0 Å². The molecule has 0 bridgehead atoms. The second-order valence-electron chi connectivity index (χ2n) is 5.59. The largest absolute Gasteiger partial charge is 0.347 e. The molecule has 2 nitrogen and oxygen atoms in total. The van der Waals surface area contributed by atoms with Gasteiger partial charge >= 0.3 is 0 Å². The van der Waals surface area contributed by atoms with Crippen LogP contribution >= 0.6 is 11.6 Å². The standard InChI is InChI=1S/C15H20ClNO/c1-11(2)10-14(18)17-15(8-3-9-15)12-4-6-13(16)7-5-12/h4-7,11H,3,8-10H2,1-2H3,(H,17,18). The second kappa shape index (κ2) is 5.31. The molecule has 1 aliphatic rings. The van der Waals surface area contributed by atoms with Gasteiger partial charge in [0.15, 0.2) is 0 Å². The highest BCUT2D eigenvalue weighted by molar-refractivity contribution is 6.30. The molecule has 2 rings (SSSR count). The summed E-state index contributed by atoms with van der Waals surface area (Å²) < 4.78 is 0. The summed E-state index contributed by atoms with van der Waals surface area (Å²) in [7, 11) is 0. The van der Waals surface area contributed by atoms with Gasteiger partial charge in [0.1, 0.15) is 0 Å². The summed E-state index contributed by atoms with van der Waals surface area (Å²) in [5.74, 6) is 0.548. The average Bonchev–Trinajstić information content (AvgIpc) is 2.24. The Morgan fingerprint density at radius 2 is 1.94 bits per heavy atom. The number of hydrogen-bond acceptors (Lipinski definition) is 1. The van der Waals surface area contributed by atoms with Crippen LogP contribution in [0.1, 0.15) is 45.1 Å². The molecule has 3 heteroatoms. The van der Waals surface area contributed by atoms with Crippen molar-refractivity contribution in [3.63, 3.8) is 0 Å². The van der Waals surface area contributed by atoms with Gasteiger partial charge in [0, 0.05) is 11.4 Å². The summed E-state index contributed by atoms with van der Waals surface area (Å²) in [6.07, 6.45) is 3.82. The van der Waals surface area contributed by atoms with Gasteiger partial charge in [-0.05, 0) is 42.9 Å². The van der Waals surface area contributed by atoms with E-state index in [1.165, 1.54) is 12.0 Å². The first-order valence-corrected chi connectivity index (χ1v) is 6.97. The van der Waals surface area contributed by atoms with E-state index in [2.05, 4.69) is 19.2 Å². The molecule has 0 aliphatic heterocycles.